The normalized spacial score (nSPS) is 15.4. The van der Waals surface area contributed by atoms with E-state index in [1.807, 2.05) is 36.4 Å². The van der Waals surface area contributed by atoms with E-state index in [0.717, 1.165) is 13.6 Å². The highest BCUT2D eigenvalue weighted by atomic mass is 127. The van der Waals surface area contributed by atoms with Gasteiger partial charge in [0.25, 0.3) is 11.8 Å². The lowest BCUT2D eigenvalue weighted by Gasteiger charge is -2.27. The highest BCUT2D eigenvalue weighted by Crippen LogP contribution is 2.33. The molecule has 0 bridgehead atoms. The smallest absolute Gasteiger partial charge is 0.265 e. The third-order valence-electron chi connectivity index (χ3n) is 4.13. The number of hydrogen-bond acceptors (Lipinski definition) is 4. The van der Waals surface area contributed by atoms with Gasteiger partial charge in [0.15, 0.2) is 5.11 Å². The Balaban J connectivity index is 1.84. The molecule has 1 saturated heterocycles. The number of halogens is 3. The molecule has 1 fully saturated rings. The summed E-state index contributed by atoms with van der Waals surface area (Å²) < 4.78 is 8.73. The summed E-state index contributed by atoms with van der Waals surface area (Å²) in [6, 6.07) is 11.8. The number of carbonyl (C=O) groups is 2. The summed E-state index contributed by atoms with van der Waals surface area (Å²) in [6.45, 7) is 4.28. The Labute approximate surface area is 215 Å². The van der Waals surface area contributed by atoms with E-state index in [1.165, 1.54) is 8.47 Å². The molecule has 0 saturated carbocycles. The number of nitrogens with one attached hydrogen (secondary N) is 1. The molecule has 30 heavy (non-hydrogen) atoms. The molecule has 0 aromatic heterocycles. The maximum absolute atomic E-state index is 12.7. The first kappa shape index (κ1) is 23.4. The van der Waals surface area contributed by atoms with Crippen molar-refractivity contribution >= 4 is 96.3 Å². The fourth-order valence-corrected chi connectivity index (χ4v) is 5.07. The van der Waals surface area contributed by atoms with E-state index in [1.54, 1.807) is 12.2 Å². The van der Waals surface area contributed by atoms with Crippen molar-refractivity contribution in [3.05, 3.63) is 77.4 Å². The van der Waals surface area contributed by atoms with Gasteiger partial charge in [0, 0.05) is 10.1 Å². The molecule has 0 spiro atoms. The molecule has 0 aliphatic carbocycles. The highest BCUT2D eigenvalue weighted by molar-refractivity contribution is 14.1. The van der Waals surface area contributed by atoms with Crippen LogP contribution in [0.15, 0.2) is 59.1 Å². The van der Waals surface area contributed by atoms with E-state index in [0.29, 0.717) is 17.9 Å². The average Bonchev–Trinajstić information content (AvgIpc) is 2.69. The minimum atomic E-state index is -0.518. The van der Waals surface area contributed by atoms with Crippen LogP contribution < -0.4 is 10.1 Å². The summed E-state index contributed by atoms with van der Waals surface area (Å²) in [7, 11) is 0. The van der Waals surface area contributed by atoms with Crippen molar-refractivity contribution in [2.24, 2.45) is 0 Å². The average molecular weight is 709 g/mol. The zero-order valence-corrected chi connectivity index (χ0v) is 22.2. The molecule has 1 aliphatic rings. The molecule has 2 aromatic carbocycles. The van der Waals surface area contributed by atoms with E-state index < -0.39 is 11.8 Å². The van der Waals surface area contributed by atoms with Crippen molar-refractivity contribution in [2.45, 2.75) is 6.61 Å². The number of thiocarbonyl (C=S) groups is 1. The largest absolute Gasteiger partial charge is 0.487 e. The van der Waals surface area contributed by atoms with Gasteiger partial charge in [-0.2, -0.15) is 0 Å². The van der Waals surface area contributed by atoms with Gasteiger partial charge in [-0.3, -0.25) is 19.8 Å². The van der Waals surface area contributed by atoms with Crippen molar-refractivity contribution in [3.8, 4) is 5.75 Å². The van der Waals surface area contributed by atoms with Gasteiger partial charge in [0.2, 0.25) is 0 Å². The molecule has 1 N–H and O–H groups in total. The first-order valence-corrected chi connectivity index (χ1v) is 12.0. The number of nitrogens with zero attached hydrogens (tertiary/aromatic N) is 1. The van der Waals surface area contributed by atoms with Gasteiger partial charge in [0.1, 0.15) is 17.9 Å². The predicted octanol–water partition coefficient (Wildman–Crippen LogP) is 5.05. The lowest BCUT2D eigenvalue weighted by atomic mass is 10.1. The number of amides is 2. The van der Waals surface area contributed by atoms with Crippen molar-refractivity contribution in [1.29, 1.82) is 0 Å². The van der Waals surface area contributed by atoms with E-state index in [4.69, 9.17) is 17.0 Å². The van der Waals surface area contributed by atoms with Gasteiger partial charge in [-0.1, -0.05) is 18.2 Å². The number of benzene rings is 2. The predicted molar refractivity (Wildman–Crippen MR) is 141 cm³/mol. The standard InChI is InChI=1S/C21H15BrI2N2O3S/c1-2-7-26-20(28)15(19(27)25-21(26)30)8-13-9-16(22)18(17(24)10-13)29-11-12-3-5-14(23)6-4-12/h2-6,8-10H,1,7,11H2,(H,25,27,30)/b15-8+. The van der Waals surface area contributed by atoms with Crippen molar-refractivity contribution in [2.75, 3.05) is 6.54 Å². The van der Waals surface area contributed by atoms with E-state index in [9.17, 15) is 9.59 Å². The molecule has 3 rings (SSSR count). The zero-order chi connectivity index (χ0) is 21.8. The van der Waals surface area contributed by atoms with Crippen LogP contribution in [-0.2, 0) is 16.2 Å². The lowest BCUT2D eigenvalue weighted by Crippen LogP contribution is -2.53. The van der Waals surface area contributed by atoms with Gasteiger partial charge >= 0.3 is 0 Å². The molecule has 154 valence electrons. The summed E-state index contributed by atoms with van der Waals surface area (Å²) in [6.07, 6.45) is 3.10. The van der Waals surface area contributed by atoms with Crippen LogP contribution in [0.5, 0.6) is 5.75 Å². The second kappa shape index (κ2) is 10.3. The first-order chi connectivity index (χ1) is 14.3. The first-order valence-electron chi connectivity index (χ1n) is 8.66. The number of carbonyl (C=O) groups excluding carboxylic acids is 2. The summed E-state index contributed by atoms with van der Waals surface area (Å²) in [5, 5.41) is 2.62. The van der Waals surface area contributed by atoms with Gasteiger partial charge < -0.3 is 4.74 Å². The molecule has 1 aliphatic heterocycles. The van der Waals surface area contributed by atoms with Crippen LogP contribution in [0.2, 0.25) is 0 Å². The third kappa shape index (κ3) is 5.48. The van der Waals surface area contributed by atoms with Crippen LogP contribution in [0.1, 0.15) is 11.1 Å². The number of ether oxygens (including phenoxy) is 1. The maximum Gasteiger partial charge on any atom is 0.265 e. The van der Waals surface area contributed by atoms with Crippen LogP contribution in [-0.4, -0.2) is 28.4 Å². The molecule has 0 radical (unpaired) electrons. The summed E-state index contributed by atoms with van der Waals surface area (Å²) in [5.74, 6) is -0.269. The second-order valence-corrected chi connectivity index (χ2v) is 9.90. The zero-order valence-electron chi connectivity index (χ0n) is 15.5. The molecule has 0 unspecified atom stereocenters. The van der Waals surface area contributed by atoms with Crippen LogP contribution in [0.3, 0.4) is 0 Å². The van der Waals surface area contributed by atoms with Gasteiger partial charge in [-0.15, -0.1) is 6.58 Å². The molecule has 5 nitrogen and oxygen atoms in total. The van der Waals surface area contributed by atoms with Crippen molar-refractivity contribution in [3.63, 3.8) is 0 Å². The Hall–Kier alpha value is -1.31. The minimum Gasteiger partial charge on any atom is -0.487 e. The fourth-order valence-electron chi connectivity index (χ4n) is 2.69. The molecular formula is C21H15BrI2N2O3S. The number of rotatable bonds is 6. The van der Waals surface area contributed by atoms with Gasteiger partial charge in [0.05, 0.1) is 8.04 Å². The summed E-state index contributed by atoms with van der Waals surface area (Å²) in [4.78, 5) is 26.3. The van der Waals surface area contributed by atoms with Crippen molar-refractivity contribution < 1.29 is 14.3 Å². The maximum atomic E-state index is 12.7. The highest BCUT2D eigenvalue weighted by Gasteiger charge is 2.32. The lowest BCUT2D eigenvalue weighted by molar-refractivity contribution is -0.128. The third-order valence-corrected chi connectivity index (χ3v) is 6.56. The molecule has 9 heteroatoms. The SMILES string of the molecule is C=CCN1C(=O)/C(=C/c2cc(Br)c(OCc3ccc(I)cc3)c(I)c2)C(=O)NC1=S. The van der Waals surface area contributed by atoms with Crippen LogP contribution in [0.4, 0.5) is 0 Å². The van der Waals surface area contributed by atoms with Crippen LogP contribution in [0.25, 0.3) is 6.08 Å². The van der Waals surface area contributed by atoms with Crippen LogP contribution in [0, 0.1) is 7.14 Å². The Morgan fingerprint density at radius 2 is 1.90 bits per heavy atom. The Morgan fingerprint density at radius 1 is 1.20 bits per heavy atom. The summed E-state index contributed by atoms with van der Waals surface area (Å²) in [5.41, 5.74) is 1.77. The Bertz CT molecular complexity index is 1050. The van der Waals surface area contributed by atoms with E-state index in [-0.39, 0.29) is 17.2 Å². The van der Waals surface area contributed by atoms with Crippen LogP contribution >= 0.6 is 73.3 Å². The molecule has 2 amide bonds. The van der Waals surface area contributed by atoms with E-state index in [2.05, 4.69) is 73.0 Å². The minimum absolute atomic E-state index is 0.0145. The second-order valence-electron chi connectivity index (χ2n) is 6.25. The molecular weight excluding hydrogens is 694 g/mol. The Kier molecular flexibility index (Phi) is 8.04. The monoisotopic (exact) mass is 708 g/mol. The fraction of sp³-hybridized carbons (Fsp3) is 0.0952. The number of hydrogen-bond donors (Lipinski definition) is 1. The van der Waals surface area contributed by atoms with Gasteiger partial charge in [-0.05, 0) is 115 Å². The quantitative estimate of drug-likeness (QED) is 0.150. The topological polar surface area (TPSA) is 58.6 Å². The molecule has 1 heterocycles. The van der Waals surface area contributed by atoms with Crippen molar-refractivity contribution in [1.82, 2.24) is 10.2 Å². The summed E-state index contributed by atoms with van der Waals surface area (Å²) >= 11 is 13.0. The molecule has 2 aromatic rings. The van der Waals surface area contributed by atoms with Gasteiger partial charge in [-0.25, -0.2) is 0 Å². The van der Waals surface area contributed by atoms with E-state index >= 15 is 0 Å². The molecule has 0 atom stereocenters. The Morgan fingerprint density at radius 3 is 2.53 bits per heavy atom.